The molecule has 1 saturated heterocycles. The van der Waals surface area contributed by atoms with Gasteiger partial charge in [0.05, 0.1) is 18.2 Å². The van der Waals surface area contributed by atoms with Gasteiger partial charge >= 0.3 is 6.09 Å². The highest BCUT2D eigenvalue weighted by Gasteiger charge is 2.22. The van der Waals surface area contributed by atoms with Crippen LogP contribution in [-0.4, -0.2) is 52.8 Å². The number of hydrogen-bond acceptors (Lipinski definition) is 6. The fourth-order valence-electron chi connectivity index (χ4n) is 4.12. The molecular weight excluding hydrogens is 511 g/mol. The number of aromatic nitrogens is 2. The molecule has 0 radical (unpaired) electrons. The summed E-state index contributed by atoms with van der Waals surface area (Å²) in [5, 5.41) is 12.0. The Balaban J connectivity index is 1.46. The summed E-state index contributed by atoms with van der Waals surface area (Å²) in [6.45, 7) is 1.78. The first-order chi connectivity index (χ1) is 17.7. The van der Waals surface area contributed by atoms with E-state index < -0.39 is 35.1 Å². The summed E-state index contributed by atoms with van der Waals surface area (Å²) in [6, 6.07) is 7.28. The minimum atomic E-state index is -1.47. The predicted molar refractivity (Wildman–Crippen MR) is 133 cm³/mol. The molecule has 1 unspecified atom stereocenters. The van der Waals surface area contributed by atoms with Crippen LogP contribution in [-0.2, 0) is 6.54 Å². The Morgan fingerprint density at radius 1 is 1.22 bits per heavy atom. The zero-order valence-electron chi connectivity index (χ0n) is 19.9. The van der Waals surface area contributed by atoms with Gasteiger partial charge in [0.15, 0.2) is 11.6 Å². The highest BCUT2D eigenvalue weighted by Crippen LogP contribution is 2.28. The highest BCUT2D eigenvalue weighted by molar-refractivity contribution is 6.31. The van der Waals surface area contributed by atoms with E-state index in [2.05, 4.69) is 27.2 Å². The van der Waals surface area contributed by atoms with Crippen LogP contribution in [0.15, 0.2) is 42.6 Å². The lowest BCUT2D eigenvalue weighted by Gasteiger charge is -2.29. The number of ether oxygens (including phenoxy) is 1. The van der Waals surface area contributed by atoms with Gasteiger partial charge in [-0.15, -0.1) is 0 Å². The van der Waals surface area contributed by atoms with Gasteiger partial charge in [-0.3, -0.25) is 4.90 Å². The van der Waals surface area contributed by atoms with Crippen LogP contribution in [0.3, 0.4) is 0 Å². The standard InChI is InChI=1S/C25H25ClF3N5O3/c1-33-10-2-3-15(12-33)14-37-21-7-4-16(11-20(21)29)31-24-30-9-8-22(32-24)34(25(35)36)13-17-18(27)5-6-19(28)23(17)26/h4-9,11,15H,2-3,10,12-14H2,1H3,(H,35,36)(H,30,31,32). The van der Waals surface area contributed by atoms with E-state index in [1.54, 1.807) is 6.07 Å². The molecule has 0 aliphatic carbocycles. The minimum absolute atomic E-state index is 0.0344. The maximum Gasteiger partial charge on any atom is 0.413 e. The number of halogens is 4. The number of benzene rings is 2. The topological polar surface area (TPSA) is 90.8 Å². The largest absolute Gasteiger partial charge is 0.490 e. The van der Waals surface area contributed by atoms with Gasteiger partial charge in [0.25, 0.3) is 0 Å². The molecule has 4 rings (SSSR count). The van der Waals surface area contributed by atoms with Crippen molar-refractivity contribution in [1.29, 1.82) is 0 Å². The van der Waals surface area contributed by atoms with E-state index in [1.165, 1.54) is 24.4 Å². The quantitative estimate of drug-likeness (QED) is 0.358. The van der Waals surface area contributed by atoms with Gasteiger partial charge in [-0.05, 0) is 56.8 Å². The van der Waals surface area contributed by atoms with Gasteiger partial charge in [-0.1, -0.05) is 11.6 Å². The summed E-state index contributed by atoms with van der Waals surface area (Å²) >= 11 is 5.85. The third-order valence-corrected chi connectivity index (χ3v) is 6.40. The smallest absolute Gasteiger partial charge is 0.413 e. The molecule has 12 heteroatoms. The zero-order valence-corrected chi connectivity index (χ0v) is 20.7. The predicted octanol–water partition coefficient (Wildman–Crippen LogP) is 5.70. The summed E-state index contributed by atoms with van der Waals surface area (Å²) in [4.78, 5) is 23.0. The van der Waals surface area contributed by atoms with E-state index in [4.69, 9.17) is 16.3 Å². The van der Waals surface area contributed by atoms with Crippen LogP contribution in [0.4, 0.5) is 35.4 Å². The normalized spacial score (nSPS) is 15.9. The van der Waals surface area contributed by atoms with Crippen molar-refractivity contribution in [2.24, 2.45) is 5.92 Å². The van der Waals surface area contributed by atoms with Crippen LogP contribution in [0.25, 0.3) is 0 Å². The molecule has 2 N–H and O–H groups in total. The number of anilines is 3. The fourth-order valence-corrected chi connectivity index (χ4v) is 4.33. The van der Waals surface area contributed by atoms with Crippen LogP contribution >= 0.6 is 11.6 Å². The lowest BCUT2D eigenvalue weighted by molar-refractivity contribution is 0.147. The Labute approximate surface area is 216 Å². The molecule has 1 amide bonds. The van der Waals surface area contributed by atoms with Crippen molar-refractivity contribution in [1.82, 2.24) is 14.9 Å². The molecule has 1 atom stereocenters. The number of carbonyl (C=O) groups is 1. The third kappa shape index (κ3) is 6.60. The van der Waals surface area contributed by atoms with Gasteiger partial charge in [0.1, 0.15) is 17.5 Å². The fraction of sp³-hybridized carbons (Fsp3) is 0.320. The number of nitrogens with zero attached hydrogens (tertiary/aromatic N) is 4. The van der Waals surface area contributed by atoms with Crippen LogP contribution in [0.2, 0.25) is 5.02 Å². The monoisotopic (exact) mass is 535 g/mol. The maximum absolute atomic E-state index is 14.7. The van der Waals surface area contributed by atoms with Crippen molar-refractivity contribution in [3.05, 3.63) is 70.6 Å². The number of amides is 1. The first-order valence-electron chi connectivity index (χ1n) is 11.5. The minimum Gasteiger partial charge on any atom is -0.490 e. The molecule has 0 spiro atoms. The molecular formula is C25H25ClF3N5O3. The van der Waals surface area contributed by atoms with Crippen molar-refractivity contribution >= 4 is 35.1 Å². The SMILES string of the molecule is CN1CCCC(COc2ccc(Nc3nccc(N(Cc4c(F)ccc(F)c4Cl)C(=O)O)n3)cc2F)C1. The lowest BCUT2D eigenvalue weighted by Crippen LogP contribution is -2.34. The Kier molecular flexibility index (Phi) is 8.34. The zero-order chi connectivity index (χ0) is 26.5. The number of nitrogens with one attached hydrogen (secondary N) is 1. The number of carboxylic acid groups (broad SMARTS) is 1. The van der Waals surface area contributed by atoms with E-state index in [0.717, 1.165) is 38.1 Å². The van der Waals surface area contributed by atoms with Crippen molar-refractivity contribution in [3.63, 3.8) is 0 Å². The van der Waals surface area contributed by atoms with Crippen LogP contribution in [0.5, 0.6) is 5.75 Å². The molecule has 1 aliphatic heterocycles. The first kappa shape index (κ1) is 26.5. The van der Waals surface area contributed by atoms with Gasteiger partial charge < -0.3 is 20.1 Å². The Bertz CT molecular complexity index is 1280. The van der Waals surface area contributed by atoms with Gasteiger partial charge in [-0.2, -0.15) is 4.98 Å². The second-order valence-corrected chi connectivity index (χ2v) is 9.16. The molecule has 3 aromatic rings. The van der Waals surface area contributed by atoms with Crippen LogP contribution in [0.1, 0.15) is 18.4 Å². The van der Waals surface area contributed by atoms with E-state index >= 15 is 0 Å². The summed E-state index contributed by atoms with van der Waals surface area (Å²) in [6.07, 6.45) is 1.92. The van der Waals surface area contributed by atoms with Gasteiger partial charge in [0, 0.05) is 36.0 Å². The second-order valence-electron chi connectivity index (χ2n) is 8.78. The summed E-state index contributed by atoms with van der Waals surface area (Å²) in [5.74, 6) is -2.02. The molecule has 37 heavy (non-hydrogen) atoms. The molecule has 2 aromatic carbocycles. The summed E-state index contributed by atoms with van der Waals surface area (Å²) < 4.78 is 48.4. The molecule has 2 heterocycles. The number of rotatable bonds is 8. The molecule has 1 fully saturated rings. The number of piperidine rings is 1. The highest BCUT2D eigenvalue weighted by atomic mass is 35.5. The van der Waals surface area contributed by atoms with E-state index in [0.29, 0.717) is 23.1 Å². The van der Waals surface area contributed by atoms with Crippen LogP contribution in [0, 0.1) is 23.4 Å². The lowest BCUT2D eigenvalue weighted by atomic mass is 10.00. The molecule has 8 nitrogen and oxygen atoms in total. The van der Waals surface area contributed by atoms with E-state index in [1.807, 2.05) is 0 Å². The Hall–Kier alpha value is -3.57. The molecule has 0 saturated carbocycles. The molecule has 1 aromatic heterocycles. The van der Waals surface area contributed by atoms with E-state index in [9.17, 15) is 23.1 Å². The van der Waals surface area contributed by atoms with Crippen molar-refractivity contribution in [3.8, 4) is 5.75 Å². The molecule has 1 aliphatic rings. The summed E-state index contributed by atoms with van der Waals surface area (Å²) in [7, 11) is 2.05. The van der Waals surface area contributed by atoms with Crippen molar-refractivity contribution < 1.29 is 27.8 Å². The average molecular weight is 536 g/mol. The maximum atomic E-state index is 14.7. The van der Waals surface area contributed by atoms with Gasteiger partial charge in [0.2, 0.25) is 5.95 Å². The molecule has 196 valence electrons. The van der Waals surface area contributed by atoms with Gasteiger partial charge in [-0.25, -0.2) is 22.9 Å². The third-order valence-electron chi connectivity index (χ3n) is 5.99. The number of hydrogen-bond donors (Lipinski definition) is 2. The Morgan fingerprint density at radius 2 is 2.00 bits per heavy atom. The average Bonchev–Trinajstić information content (AvgIpc) is 2.86. The second kappa shape index (κ2) is 11.7. The Morgan fingerprint density at radius 3 is 2.73 bits per heavy atom. The first-order valence-corrected chi connectivity index (χ1v) is 11.9. The van der Waals surface area contributed by atoms with Crippen LogP contribution < -0.4 is 15.0 Å². The number of likely N-dealkylation sites (tertiary alicyclic amines) is 1. The summed E-state index contributed by atoms with van der Waals surface area (Å²) in [5.41, 5.74) is -0.0322. The van der Waals surface area contributed by atoms with Crippen molar-refractivity contribution in [2.75, 3.05) is 37.0 Å². The van der Waals surface area contributed by atoms with E-state index in [-0.39, 0.29) is 23.1 Å². The molecule has 0 bridgehead atoms. The van der Waals surface area contributed by atoms with Crippen molar-refractivity contribution in [2.45, 2.75) is 19.4 Å².